The van der Waals surface area contributed by atoms with Crippen molar-refractivity contribution in [3.8, 4) is 0 Å². The molecule has 0 atom stereocenters. The third-order valence-electron chi connectivity index (χ3n) is 0.640. The van der Waals surface area contributed by atoms with Gasteiger partial charge < -0.3 is 9.69 Å². The Balaban J connectivity index is 3.38. The van der Waals surface area contributed by atoms with E-state index in [1.165, 1.54) is 4.90 Å². The molecule has 0 saturated heterocycles. The van der Waals surface area contributed by atoms with Gasteiger partial charge in [0.25, 0.3) is 5.24 Å². The maximum absolute atomic E-state index is 10.6. The van der Waals surface area contributed by atoms with Gasteiger partial charge in [0.05, 0.1) is 5.75 Å². The zero-order valence-corrected chi connectivity index (χ0v) is 6.27. The second kappa shape index (κ2) is 4.38. The highest BCUT2D eigenvalue weighted by Gasteiger charge is 2.01. The van der Waals surface area contributed by atoms with Gasteiger partial charge in [0, 0.05) is 14.1 Å². The van der Waals surface area contributed by atoms with Crippen LogP contribution in [0.15, 0.2) is 0 Å². The van der Waals surface area contributed by atoms with Crippen molar-refractivity contribution in [2.45, 2.75) is 0 Å². The van der Waals surface area contributed by atoms with Crippen LogP contribution in [0, 0.1) is 0 Å². The molecule has 0 rings (SSSR count). The lowest BCUT2D eigenvalue weighted by molar-refractivity contribution is -0.105. The zero-order chi connectivity index (χ0) is 7.28. The van der Waals surface area contributed by atoms with Crippen molar-refractivity contribution in [1.82, 2.24) is 4.90 Å². The summed E-state index contributed by atoms with van der Waals surface area (Å²) < 4.78 is 0. The molecule has 0 radical (unpaired) electrons. The Hall–Kier alpha value is -0.510. The summed E-state index contributed by atoms with van der Waals surface area (Å²) in [6, 6.07) is 0. The van der Waals surface area contributed by atoms with Gasteiger partial charge in [-0.15, -0.1) is 0 Å². The van der Waals surface area contributed by atoms with Gasteiger partial charge >= 0.3 is 0 Å². The van der Waals surface area contributed by atoms with E-state index < -0.39 is 0 Å². The fourth-order valence-corrected chi connectivity index (χ4v) is 0.703. The maximum atomic E-state index is 10.6. The van der Waals surface area contributed by atoms with Crippen LogP contribution in [0.5, 0.6) is 0 Å². The lowest BCUT2D eigenvalue weighted by Gasteiger charge is -2.06. The van der Waals surface area contributed by atoms with Crippen molar-refractivity contribution in [2.24, 2.45) is 0 Å². The van der Waals surface area contributed by atoms with Crippen molar-refractivity contribution < 1.29 is 9.59 Å². The molecule has 0 fully saturated rings. The van der Waals surface area contributed by atoms with Crippen molar-refractivity contribution in [1.29, 1.82) is 0 Å². The molecule has 0 heterocycles. The Bertz CT molecular complexity index is 114. The van der Waals surface area contributed by atoms with Crippen LogP contribution in [0.2, 0.25) is 0 Å². The first-order valence-electron chi connectivity index (χ1n) is 2.46. The molecular formula is C5H9NO2S. The van der Waals surface area contributed by atoms with Gasteiger partial charge in [-0.05, 0) is 0 Å². The van der Waals surface area contributed by atoms with Gasteiger partial charge in [0.2, 0.25) is 0 Å². The van der Waals surface area contributed by atoms with Crippen molar-refractivity contribution in [3.05, 3.63) is 0 Å². The number of carbonyl (C=O) groups excluding carboxylic acids is 2. The summed E-state index contributed by atoms with van der Waals surface area (Å²) in [5.41, 5.74) is 0. The predicted molar refractivity (Wildman–Crippen MR) is 37.6 cm³/mol. The molecule has 52 valence electrons. The second-order valence-corrected chi connectivity index (χ2v) is 2.61. The standard InChI is InChI=1S/C5H9NO2S/c1-6(2)5(8)9-4-3-7/h3H,4H2,1-2H3. The van der Waals surface area contributed by atoms with Gasteiger partial charge in [0.15, 0.2) is 0 Å². The lowest BCUT2D eigenvalue weighted by atomic mass is 10.9. The van der Waals surface area contributed by atoms with Gasteiger partial charge in [-0.3, -0.25) is 4.79 Å². The minimum Gasteiger partial charge on any atom is -0.340 e. The average Bonchev–Trinajstić information content (AvgIpc) is 1.82. The van der Waals surface area contributed by atoms with Crippen LogP contribution in [-0.2, 0) is 4.79 Å². The Morgan fingerprint density at radius 3 is 2.56 bits per heavy atom. The van der Waals surface area contributed by atoms with Crippen LogP contribution in [-0.4, -0.2) is 36.3 Å². The van der Waals surface area contributed by atoms with E-state index >= 15 is 0 Å². The van der Waals surface area contributed by atoms with Crippen LogP contribution in [0.3, 0.4) is 0 Å². The molecule has 0 aliphatic carbocycles. The summed E-state index contributed by atoms with van der Waals surface area (Å²) in [7, 11) is 3.31. The highest BCUT2D eigenvalue weighted by atomic mass is 32.2. The lowest BCUT2D eigenvalue weighted by Crippen LogP contribution is -2.16. The highest BCUT2D eigenvalue weighted by Crippen LogP contribution is 2.02. The van der Waals surface area contributed by atoms with E-state index in [1.54, 1.807) is 14.1 Å². The van der Waals surface area contributed by atoms with Gasteiger partial charge in [-0.2, -0.15) is 0 Å². The normalized spacial score (nSPS) is 8.67. The molecule has 0 spiro atoms. The Morgan fingerprint density at radius 1 is 1.67 bits per heavy atom. The fourth-order valence-electron chi connectivity index (χ4n) is 0.234. The first-order valence-corrected chi connectivity index (χ1v) is 3.44. The molecule has 0 aliphatic rings. The van der Waals surface area contributed by atoms with Crippen molar-refractivity contribution in [3.63, 3.8) is 0 Å². The fraction of sp³-hybridized carbons (Fsp3) is 0.600. The first-order chi connectivity index (χ1) is 4.18. The summed E-state index contributed by atoms with van der Waals surface area (Å²) >= 11 is 1.00. The molecule has 0 aromatic rings. The molecule has 0 saturated carbocycles. The number of rotatable bonds is 2. The molecule has 0 bridgehead atoms. The van der Waals surface area contributed by atoms with Crippen LogP contribution in [0.1, 0.15) is 0 Å². The van der Waals surface area contributed by atoms with Crippen LogP contribution in [0.4, 0.5) is 4.79 Å². The summed E-state index contributed by atoms with van der Waals surface area (Å²) in [5.74, 6) is 0.247. The molecule has 0 aliphatic heterocycles. The van der Waals surface area contributed by atoms with E-state index in [4.69, 9.17) is 0 Å². The third-order valence-corrected chi connectivity index (χ3v) is 1.55. The Morgan fingerprint density at radius 2 is 2.22 bits per heavy atom. The van der Waals surface area contributed by atoms with E-state index in [9.17, 15) is 9.59 Å². The molecule has 0 unspecified atom stereocenters. The molecule has 9 heavy (non-hydrogen) atoms. The van der Waals surface area contributed by atoms with E-state index in [2.05, 4.69) is 0 Å². The second-order valence-electron chi connectivity index (χ2n) is 1.64. The number of aldehydes is 1. The minimum atomic E-state index is -0.0814. The van der Waals surface area contributed by atoms with E-state index in [-0.39, 0.29) is 11.0 Å². The van der Waals surface area contributed by atoms with E-state index in [0.29, 0.717) is 6.29 Å². The number of nitrogens with zero attached hydrogens (tertiary/aromatic N) is 1. The van der Waals surface area contributed by atoms with Gasteiger partial charge in [-0.1, -0.05) is 11.8 Å². The van der Waals surface area contributed by atoms with Gasteiger partial charge in [-0.25, -0.2) is 0 Å². The summed E-state index contributed by atoms with van der Waals surface area (Å²) in [5, 5.41) is -0.0814. The van der Waals surface area contributed by atoms with Gasteiger partial charge in [0.1, 0.15) is 6.29 Å². The largest absolute Gasteiger partial charge is 0.340 e. The zero-order valence-electron chi connectivity index (χ0n) is 5.46. The predicted octanol–water partition coefficient (Wildman–Crippen LogP) is 0.600. The van der Waals surface area contributed by atoms with Crippen LogP contribution < -0.4 is 0 Å². The minimum absolute atomic E-state index is 0.0814. The topological polar surface area (TPSA) is 37.4 Å². The molecule has 0 aromatic carbocycles. The average molecular weight is 147 g/mol. The van der Waals surface area contributed by atoms with E-state index in [1.807, 2.05) is 0 Å². The number of hydrogen-bond acceptors (Lipinski definition) is 3. The molecule has 4 heteroatoms. The molecule has 0 aromatic heterocycles. The number of carbonyl (C=O) groups is 2. The Kier molecular flexibility index (Phi) is 4.13. The number of thioether (sulfide) groups is 1. The monoisotopic (exact) mass is 147 g/mol. The quantitative estimate of drug-likeness (QED) is 0.537. The van der Waals surface area contributed by atoms with Crippen molar-refractivity contribution >= 4 is 23.3 Å². The third kappa shape index (κ3) is 4.02. The van der Waals surface area contributed by atoms with Crippen LogP contribution in [0.25, 0.3) is 0 Å². The summed E-state index contributed by atoms with van der Waals surface area (Å²) in [6.45, 7) is 0. The molecular weight excluding hydrogens is 138 g/mol. The Labute approximate surface area is 58.4 Å². The van der Waals surface area contributed by atoms with E-state index in [0.717, 1.165) is 11.8 Å². The molecule has 1 amide bonds. The number of hydrogen-bond donors (Lipinski definition) is 0. The number of amides is 1. The highest BCUT2D eigenvalue weighted by molar-refractivity contribution is 8.13. The van der Waals surface area contributed by atoms with Crippen LogP contribution >= 0.6 is 11.8 Å². The molecule has 0 N–H and O–H groups in total. The summed E-state index contributed by atoms with van der Waals surface area (Å²) in [6.07, 6.45) is 0.714. The molecule has 3 nitrogen and oxygen atoms in total. The first kappa shape index (κ1) is 8.49. The van der Waals surface area contributed by atoms with Crippen molar-refractivity contribution in [2.75, 3.05) is 19.8 Å². The smallest absolute Gasteiger partial charge is 0.281 e. The maximum Gasteiger partial charge on any atom is 0.281 e. The summed E-state index contributed by atoms with van der Waals surface area (Å²) in [4.78, 5) is 21.8. The SMILES string of the molecule is CN(C)C(=O)SCC=O.